The molecule has 1 fully saturated rings. The number of nitrogens with one attached hydrogen (secondary N) is 1. The highest BCUT2D eigenvalue weighted by Gasteiger charge is 2.33. The lowest BCUT2D eigenvalue weighted by Gasteiger charge is -2.25. The summed E-state index contributed by atoms with van der Waals surface area (Å²) < 4.78 is 0. The van der Waals surface area contributed by atoms with Gasteiger partial charge in [0.1, 0.15) is 0 Å². The Morgan fingerprint density at radius 1 is 0.564 bits per heavy atom. The summed E-state index contributed by atoms with van der Waals surface area (Å²) in [6.07, 6.45) is 8.22. The highest BCUT2D eigenvalue weighted by molar-refractivity contribution is 6.08. The molecule has 2 atom stereocenters. The van der Waals surface area contributed by atoms with E-state index < -0.39 is 0 Å². The summed E-state index contributed by atoms with van der Waals surface area (Å²) in [4.78, 5) is 3.52. The number of rotatable bonds is 1. The maximum Gasteiger partial charge on any atom is 0.0465 e. The Balaban J connectivity index is 0.000000151. The minimum Gasteiger partial charge on any atom is -0.355 e. The van der Waals surface area contributed by atoms with Crippen molar-refractivity contribution in [2.45, 2.75) is 44.4 Å². The van der Waals surface area contributed by atoms with E-state index in [1.165, 1.54) is 87.3 Å². The summed E-state index contributed by atoms with van der Waals surface area (Å²) >= 11 is 0. The molecule has 0 spiro atoms. The van der Waals surface area contributed by atoms with Crippen molar-refractivity contribution >= 4 is 21.8 Å². The number of aromatic amines is 1. The second-order valence-electron chi connectivity index (χ2n) is 11.7. The van der Waals surface area contributed by atoms with Gasteiger partial charge in [-0.1, -0.05) is 104 Å². The highest BCUT2D eigenvalue weighted by atomic mass is 14.7. The molecule has 2 unspecified atom stereocenters. The zero-order valence-corrected chi connectivity index (χ0v) is 22.3. The average molecular weight is 504 g/mol. The van der Waals surface area contributed by atoms with E-state index in [-0.39, 0.29) is 0 Å². The van der Waals surface area contributed by atoms with Gasteiger partial charge in [-0.15, -0.1) is 0 Å². The number of benzene rings is 5. The Kier molecular flexibility index (Phi) is 5.43. The molecule has 0 saturated heterocycles. The van der Waals surface area contributed by atoms with Crippen LogP contribution in [0, 0.1) is 5.92 Å². The van der Waals surface area contributed by atoms with Gasteiger partial charge in [0.15, 0.2) is 0 Å². The lowest BCUT2D eigenvalue weighted by Crippen LogP contribution is -2.12. The summed E-state index contributed by atoms with van der Waals surface area (Å²) in [5, 5.41) is 2.59. The van der Waals surface area contributed by atoms with Crippen molar-refractivity contribution in [3.8, 4) is 22.3 Å². The summed E-state index contributed by atoms with van der Waals surface area (Å²) in [6.45, 7) is 0. The number of para-hydroxylation sites is 1. The van der Waals surface area contributed by atoms with Crippen LogP contribution in [0.4, 0.5) is 0 Å². The Morgan fingerprint density at radius 2 is 1.31 bits per heavy atom. The van der Waals surface area contributed by atoms with Crippen molar-refractivity contribution < 1.29 is 0 Å². The van der Waals surface area contributed by atoms with Gasteiger partial charge in [0.25, 0.3) is 0 Å². The maximum atomic E-state index is 3.52. The van der Waals surface area contributed by atoms with Crippen LogP contribution in [0.1, 0.15) is 53.9 Å². The molecule has 3 aliphatic carbocycles. The second-order valence-corrected chi connectivity index (χ2v) is 11.7. The van der Waals surface area contributed by atoms with Crippen LogP contribution in [0.15, 0.2) is 109 Å². The molecule has 39 heavy (non-hydrogen) atoms. The van der Waals surface area contributed by atoms with Gasteiger partial charge in [-0.25, -0.2) is 0 Å². The second kappa shape index (κ2) is 9.27. The molecule has 9 rings (SSSR count). The Bertz CT molecular complexity index is 1840. The SMILES string of the molecule is c1ccc2c(c1)CC1CCCCC21.c1ccc2c(c1)Cc1c(-c3ccc4[nH]c5ccccc5c4c3)cccc1-2. The van der Waals surface area contributed by atoms with E-state index in [0.717, 1.165) is 18.3 Å². The first-order chi connectivity index (χ1) is 19.3. The summed E-state index contributed by atoms with van der Waals surface area (Å²) in [5.41, 5.74) is 14.0. The van der Waals surface area contributed by atoms with Crippen molar-refractivity contribution in [1.29, 1.82) is 0 Å². The van der Waals surface area contributed by atoms with Gasteiger partial charge in [-0.2, -0.15) is 0 Å². The molecule has 1 nitrogen and oxygen atoms in total. The van der Waals surface area contributed by atoms with Crippen molar-refractivity contribution in [2.75, 3.05) is 0 Å². The molecule has 190 valence electrons. The number of H-pyrrole nitrogens is 1. The predicted molar refractivity (Wildman–Crippen MR) is 164 cm³/mol. The van der Waals surface area contributed by atoms with E-state index in [4.69, 9.17) is 0 Å². The van der Waals surface area contributed by atoms with Crippen molar-refractivity contribution in [1.82, 2.24) is 4.98 Å². The molecule has 1 N–H and O–H groups in total. The van der Waals surface area contributed by atoms with E-state index in [2.05, 4.69) is 114 Å². The Hall–Kier alpha value is -4.10. The summed E-state index contributed by atoms with van der Waals surface area (Å²) in [6, 6.07) is 39.9. The molecule has 1 heterocycles. The fraction of sp³-hybridized carbons (Fsp3) is 0.211. The number of fused-ring (bicyclic) bond motifs is 9. The molecular weight excluding hydrogens is 470 g/mol. The highest BCUT2D eigenvalue weighted by Crippen LogP contribution is 2.46. The topological polar surface area (TPSA) is 15.8 Å². The molecule has 1 heteroatoms. The smallest absolute Gasteiger partial charge is 0.0465 e. The van der Waals surface area contributed by atoms with Gasteiger partial charge in [0.2, 0.25) is 0 Å². The van der Waals surface area contributed by atoms with E-state index in [1.54, 1.807) is 11.1 Å². The van der Waals surface area contributed by atoms with E-state index >= 15 is 0 Å². The third-order valence-electron chi connectivity index (χ3n) is 9.51. The van der Waals surface area contributed by atoms with Crippen LogP contribution in [0.25, 0.3) is 44.1 Å². The molecule has 5 aromatic carbocycles. The van der Waals surface area contributed by atoms with Crippen LogP contribution >= 0.6 is 0 Å². The molecule has 3 aliphatic rings. The van der Waals surface area contributed by atoms with E-state index in [1.807, 2.05) is 0 Å². The minimum absolute atomic E-state index is 0.921. The van der Waals surface area contributed by atoms with Gasteiger partial charge in [-0.05, 0) is 100 Å². The first kappa shape index (κ1) is 22.8. The van der Waals surface area contributed by atoms with Crippen LogP contribution in [0.3, 0.4) is 0 Å². The zero-order valence-electron chi connectivity index (χ0n) is 22.3. The van der Waals surface area contributed by atoms with Crippen LogP contribution in [0.2, 0.25) is 0 Å². The van der Waals surface area contributed by atoms with Crippen molar-refractivity contribution in [3.63, 3.8) is 0 Å². The molecule has 0 aliphatic heterocycles. The van der Waals surface area contributed by atoms with Gasteiger partial charge in [0, 0.05) is 21.8 Å². The molecule has 1 saturated carbocycles. The standard InChI is InChI=1S/C25H17N.C13H16/c1-2-7-18-16(6-1)14-22-19(9-5-10-20(18)22)17-12-13-25-23(15-17)21-8-3-4-11-24(21)26-25;1-3-7-12-10(5-1)9-11-6-2-4-8-13(11)12/h1-13,15,26H,14H2;1,3,5,7,11,13H,2,4,6,8-9H2. The van der Waals surface area contributed by atoms with Crippen LogP contribution in [0.5, 0.6) is 0 Å². The van der Waals surface area contributed by atoms with Crippen LogP contribution in [-0.2, 0) is 12.8 Å². The maximum absolute atomic E-state index is 3.52. The van der Waals surface area contributed by atoms with Crippen molar-refractivity contribution in [2.24, 2.45) is 5.92 Å². The summed E-state index contributed by atoms with van der Waals surface area (Å²) in [5.74, 6) is 1.91. The first-order valence-corrected chi connectivity index (χ1v) is 14.6. The summed E-state index contributed by atoms with van der Waals surface area (Å²) in [7, 11) is 0. The number of aromatic nitrogens is 1. The quantitative estimate of drug-likeness (QED) is 0.229. The monoisotopic (exact) mass is 503 g/mol. The van der Waals surface area contributed by atoms with Gasteiger partial charge >= 0.3 is 0 Å². The Morgan fingerprint density at radius 3 is 2.28 bits per heavy atom. The third kappa shape index (κ3) is 3.83. The van der Waals surface area contributed by atoms with E-state index in [0.29, 0.717) is 0 Å². The van der Waals surface area contributed by atoms with Gasteiger partial charge in [-0.3, -0.25) is 0 Å². The zero-order chi connectivity index (χ0) is 25.8. The lowest BCUT2D eigenvalue weighted by atomic mass is 9.80. The van der Waals surface area contributed by atoms with Crippen LogP contribution in [-0.4, -0.2) is 4.98 Å². The third-order valence-corrected chi connectivity index (χ3v) is 9.51. The van der Waals surface area contributed by atoms with Gasteiger partial charge < -0.3 is 4.98 Å². The fourth-order valence-corrected chi connectivity index (χ4v) is 7.67. The molecule has 0 bridgehead atoms. The number of hydrogen-bond acceptors (Lipinski definition) is 0. The first-order valence-electron chi connectivity index (χ1n) is 14.6. The van der Waals surface area contributed by atoms with E-state index in [9.17, 15) is 0 Å². The fourth-order valence-electron chi connectivity index (χ4n) is 7.67. The molecule has 0 amide bonds. The Labute approximate surface area is 230 Å². The minimum atomic E-state index is 0.921. The van der Waals surface area contributed by atoms with Gasteiger partial charge in [0.05, 0.1) is 0 Å². The average Bonchev–Trinajstić information content (AvgIpc) is 3.68. The normalized spacial score (nSPS) is 18.7. The lowest BCUT2D eigenvalue weighted by molar-refractivity contribution is 0.330. The predicted octanol–water partition coefficient (Wildman–Crippen LogP) is 10.1. The molecular formula is C38H33N. The van der Waals surface area contributed by atoms with Crippen LogP contribution < -0.4 is 0 Å². The number of hydrogen-bond donors (Lipinski definition) is 1. The molecule has 1 aromatic heterocycles. The van der Waals surface area contributed by atoms with Crippen molar-refractivity contribution in [3.05, 3.63) is 131 Å². The molecule has 6 aromatic rings. The largest absolute Gasteiger partial charge is 0.355 e. The molecule has 0 radical (unpaired) electrons.